The average molecular weight is 462 g/mol. The van der Waals surface area contributed by atoms with Gasteiger partial charge in [-0.15, -0.1) is 0 Å². The number of fused-ring (bicyclic) bond motifs is 2. The van der Waals surface area contributed by atoms with Crippen LogP contribution in [0.1, 0.15) is 43.6 Å². The number of carbonyl (C=O) groups is 3. The number of para-hydroxylation sites is 1. The third kappa shape index (κ3) is 3.36. The minimum atomic E-state index is -0.514. The highest BCUT2D eigenvalue weighted by Gasteiger charge is 2.38. The first kappa shape index (κ1) is 20.4. The van der Waals surface area contributed by atoms with Gasteiger partial charge in [0.2, 0.25) is 0 Å². The minimum Gasteiger partial charge on any atom is -0.298 e. The molecule has 1 N–H and O–H groups in total. The molecule has 0 saturated carbocycles. The Morgan fingerprint density at radius 3 is 2.59 bits per heavy atom. The van der Waals surface area contributed by atoms with E-state index in [1.807, 2.05) is 12.1 Å². The van der Waals surface area contributed by atoms with Crippen LogP contribution in [0.5, 0.6) is 0 Å². The fourth-order valence-electron chi connectivity index (χ4n) is 3.65. The number of carbonyl (C=O) groups excluding carboxylic acids is 3. The monoisotopic (exact) mass is 461 g/mol. The number of aryl methyl sites for hydroxylation is 1. The summed E-state index contributed by atoms with van der Waals surface area (Å²) in [5, 5.41) is 3.56. The van der Waals surface area contributed by atoms with Gasteiger partial charge in [0, 0.05) is 5.56 Å². The highest BCUT2D eigenvalue weighted by molar-refractivity contribution is 7.22. The quantitative estimate of drug-likeness (QED) is 0.403. The van der Waals surface area contributed by atoms with Gasteiger partial charge >= 0.3 is 0 Å². The number of aromatic nitrogens is 1. The second kappa shape index (κ2) is 7.85. The van der Waals surface area contributed by atoms with Crippen molar-refractivity contribution in [3.8, 4) is 0 Å². The van der Waals surface area contributed by atoms with Crippen LogP contribution in [0.2, 0.25) is 5.02 Å². The molecule has 8 heteroatoms. The largest absolute Gasteiger partial charge is 0.298 e. The summed E-state index contributed by atoms with van der Waals surface area (Å²) in [6.07, 6.45) is 0.919. The molecular weight excluding hydrogens is 446 g/mol. The van der Waals surface area contributed by atoms with Gasteiger partial charge in [0.05, 0.1) is 32.1 Å². The van der Waals surface area contributed by atoms with Crippen LogP contribution in [0.15, 0.2) is 60.7 Å². The molecule has 0 aliphatic carbocycles. The van der Waals surface area contributed by atoms with Crippen molar-refractivity contribution < 1.29 is 14.4 Å². The Morgan fingerprint density at radius 1 is 1.03 bits per heavy atom. The van der Waals surface area contributed by atoms with E-state index in [2.05, 4.69) is 23.3 Å². The van der Waals surface area contributed by atoms with Crippen molar-refractivity contribution in [3.05, 3.63) is 87.9 Å². The summed E-state index contributed by atoms with van der Waals surface area (Å²) in [6, 6.07) is 17.1. The minimum absolute atomic E-state index is 0.166. The third-order valence-corrected chi connectivity index (χ3v) is 6.58. The Labute approximate surface area is 192 Å². The molecule has 1 aromatic heterocycles. The molecule has 0 bridgehead atoms. The zero-order valence-electron chi connectivity index (χ0n) is 16.9. The van der Waals surface area contributed by atoms with Gasteiger partial charge in [-0.3, -0.25) is 19.7 Å². The number of hydrogen-bond acceptors (Lipinski definition) is 5. The summed E-state index contributed by atoms with van der Waals surface area (Å²) in [6.45, 7) is 2.08. The standard InChI is InChI=1S/C24H16ClN3O3S/c1-2-13-7-10-18-20(11-13)32-24(26-18)27-21(29)14-8-9-15-16(12-14)23(31)28(22(15)30)19-6-4-3-5-17(19)25/h3-12H,2H2,1H3,(H,26,27,29). The average Bonchev–Trinajstić information content (AvgIpc) is 3.31. The second-order valence-corrected chi connectivity index (χ2v) is 8.72. The molecule has 0 saturated heterocycles. The lowest BCUT2D eigenvalue weighted by Crippen LogP contribution is -2.29. The molecule has 0 spiro atoms. The molecule has 1 aliphatic rings. The lowest BCUT2D eigenvalue weighted by Gasteiger charge is -2.15. The summed E-state index contributed by atoms with van der Waals surface area (Å²) >= 11 is 7.57. The SMILES string of the molecule is CCc1ccc2nc(NC(=O)c3ccc4c(c3)C(=O)N(c3ccccc3Cl)C4=O)sc2c1. The molecule has 158 valence electrons. The Kier molecular flexibility index (Phi) is 5.00. The number of amides is 3. The van der Waals surface area contributed by atoms with Gasteiger partial charge in [-0.05, 0) is 54.4 Å². The smallest absolute Gasteiger partial charge is 0.266 e. The maximum absolute atomic E-state index is 13.0. The van der Waals surface area contributed by atoms with Gasteiger partial charge in [-0.1, -0.05) is 48.1 Å². The maximum Gasteiger partial charge on any atom is 0.266 e. The number of anilines is 2. The molecule has 0 radical (unpaired) electrons. The Hall–Kier alpha value is -3.55. The van der Waals surface area contributed by atoms with Crippen molar-refractivity contribution in [2.75, 3.05) is 10.2 Å². The fraction of sp³-hybridized carbons (Fsp3) is 0.0833. The summed E-state index contributed by atoms with van der Waals surface area (Å²) in [5.41, 5.74) is 2.99. The normalized spacial score (nSPS) is 13.0. The number of nitrogens with one attached hydrogen (secondary N) is 1. The lowest BCUT2D eigenvalue weighted by molar-refractivity contribution is 0.0925. The van der Waals surface area contributed by atoms with Crippen molar-refractivity contribution in [1.29, 1.82) is 0 Å². The van der Waals surface area contributed by atoms with Crippen molar-refractivity contribution in [1.82, 2.24) is 4.98 Å². The van der Waals surface area contributed by atoms with Crippen LogP contribution in [-0.2, 0) is 6.42 Å². The van der Waals surface area contributed by atoms with E-state index in [1.54, 1.807) is 24.3 Å². The first-order valence-electron chi connectivity index (χ1n) is 9.94. The highest BCUT2D eigenvalue weighted by atomic mass is 35.5. The van der Waals surface area contributed by atoms with Gasteiger partial charge in [0.25, 0.3) is 17.7 Å². The number of rotatable bonds is 4. The molecule has 6 nitrogen and oxygen atoms in total. The molecule has 32 heavy (non-hydrogen) atoms. The van der Waals surface area contributed by atoms with Crippen LogP contribution in [0.4, 0.5) is 10.8 Å². The summed E-state index contributed by atoms with van der Waals surface area (Å²) in [4.78, 5) is 44.1. The van der Waals surface area contributed by atoms with E-state index in [9.17, 15) is 14.4 Å². The summed E-state index contributed by atoms with van der Waals surface area (Å²) < 4.78 is 0.991. The van der Waals surface area contributed by atoms with Crippen LogP contribution < -0.4 is 10.2 Å². The van der Waals surface area contributed by atoms with Crippen LogP contribution >= 0.6 is 22.9 Å². The number of benzene rings is 3. The van der Waals surface area contributed by atoms with E-state index in [0.717, 1.165) is 21.5 Å². The predicted octanol–water partition coefficient (Wildman–Crippen LogP) is 5.57. The van der Waals surface area contributed by atoms with Crippen molar-refractivity contribution >= 4 is 61.7 Å². The van der Waals surface area contributed by atoms with E-state index >= 15 is 0 Å². The summed E-state index contributed by atoms with van der Waals surface area (Å²) in [7, 11) is 0. The number of halogens is 1. The number of hydrogen-bond donors (Lipinski definition) is 1. The highest BCUT2D eigenvalue weighted by Crippen LogP contribution is 2.34. The molecule has 2 heterocycles. The van der Waals surface area contributed by atoms with Gasteiger partial charge < -0.3 is 0 Å². The number of nitrogens with zero attached hydrogens (tertiary/aromatic N) is 2. The molecule has 4 aromatic rings. The van der Waals surface area contributed by atoms with Crippen LogP contribution in [-0.4, -0.2) is 22.7 Å². The first-order chi connectivity index (χ1) is 15.5. The number of imide groups is 1. The molecule has 0 unspecified atom stereocenters. The van der Waals surface area contributed by atoms with E-state index < -0.39 is 17.7 Å². The van der Waals surface area contributed by atoms with E-state index in [0.29, 0.717) is 15.8 Å². The topological polar surface area (TPSA) is 79.4 Å². The molecule has 3 amide bonds. The third-order valence-electron chi connectivity index (χ3n) is 5.32. The van der Waals surface area contributed by atoms with Crippen molar-refractivity contribution in [2.24, 2.45) is 0 Å². The van der Waals surface area contributed by atoms with Crippen LogP contribution in [0.25, 0.3) is 10.2 Å². The second-order valence-electron chi connectivity index (χ2n) is 7.29. The van der Waals surface area contributed by atoms with Gasteiger partial charge in [-0.2, -0.15) is 0 Å². The molecule has 3 aromatic carbocycles. The van der Waals surface area contributed by atoms with E-state index in [4.69, 9.17) is 11.6 Å². The Morgan fingerprint density at radius 2 is 1.81 bits per heavy atom. The maximum atomic E-state index is 13.0. The zero-order valence-corrected chi connectivity index (χ0v) is 18.5. The molecule has 5 rings (SSSR count). The Bertz CT molecular complexity index is 1430. The van der Waals surface area contributed by atoms with Gasteiger partial charge in [-0.25, -0.2) is 9.88 Å². The molecule has 0 atom stereocenters. The van der Waals surface area contributed by atoms with E-state index in [1.165, 1.54) is 35.1 Å². The zero-order chi connectivity index (χ0) is 22.4. The first-order valence-corrected chi connectivity index (χ1v) is 11.1. The Balaban J connectivity index is 1.43. The van der Waals surface area contributed by atoms with Gasteiger partial charge in [0.15, 0.2) is 5.13 Å². The summed E-state index contributed by atoms with van der Waals surface area (Å²) in [5.74, 6) is -1.39. The molecule has 0 fully saturated rings. The van der Waals surface area contributed by atoms with Crippen molar-refractivity contribution in [2.45, 2.75) is 13.3 Å². The molecular formula is C24H16ClN3O3S. The number of thiazole rings is 1. The van der Waals surface area contributed by atoms with E-state index in [-0.39, 0.29) is 16.7 Å². The van der Waals surface area contributed by atoms with Crippen molar-refractivity contribution in [3.63, 3.8) is 0 Å². The van der Waals surface area contributed by atoms with Gasteiger partial charge in [0.1, 0.15) is 0 Å². The van der Waals surface area contributed by atoms with Crippen LogP contribution in [0, 0.1) is 0 Å². The lowest BCUT2D eigenvalue weighted by atomic mass is 10.1. The van der Waals surface area contributed by atoms with Crippen LogP contribution in [0.3, 0.4) is 0 Å². The fourth-order valence-corrected chi connectivity index (χ4v) is 4.79. The molecule has 1 aliphatic heterocycles. The predicted molar refractivity (Wildman–Crippen MR) is 126 cm³/mol.